The van der Waals surface area contributed by atoms with Crippen LogP contribution in [0.1, 0.15) is 31.8 Å². The van der Waals surface area contributed by atoms with Gasteiger partial charge in [0.05, 0.1) is 11.3 Å². The second-order valence-corrected chi connectivity index (χ2v) is 5.97. The number of rotatable bonds is 5. The Bertz CT molecular complexity index is 1070. The van der Waals surface area contributed by atoms with Gasteiger partial charge in [0.1, 0.15) is 11.9 Å². The zero-order valence-electron chi connectivity index (χ0n) is 14.8. The Balaban J connectivity index is 1.71. The average Bonchev–Trinajstić information content (AvgIpc) is 2.73. The molecule has 0 aliphatic heterocycles. The van der Waals surface area contributed by atoms with Gasteiger partial charge in [-0.05, 0) is 36.4 Å². The van der Waals surface area contributed by atoms with Gasteiger partial charge in [-0.3, -0.25) is 9.59 Å². The molecule has 0 aromatic heterocycles. The minimum absolute atomic E-state index is 0.0392. The standard InChI is InChI=1S/C22H16FN3O2/c23-19-10-3-1-7-18(19)14-25-21(27)15-8-5-9-16(12-15)22(28)26-20-11-4-2-6-17(20)13-24/h1-12H,14H2,(H,25,27)(H,26,28). The number of para-hydroxylation sites is 1. The molecule has 138 valence electrons. The molecule has 0 saturated heterocycles. The molecular formula is C22H16FN3O2. The number of nitrogens with one attached hydrogen (secondary N) is 2. The van der Waals surface area contributed by atoms with Crippen LogP contribution in [-0.4, -0.2) is 11.8 Å². The average molecular weight is 373 g/mol. The van der Waals surface area contributed by atoms with Crippen LogP contribution in [0.25, 0.3) is 0 Å². The zero-order chi connectivity index (χ0) is 19.9. The van der Waals surface area contributed by atoms with Gasteiger partial charge >= 0.3 is 0 Å². The molecule has 0 heterocycles. The fourth-order valence-electron chi connectivity index (χ4n) is 2.61. The molecule has 28 heavy (non-hydrogen) atoms. The first-order chi connectivity index (χ1) is 13.6. The van der Waals surface area contributed by atoms with Crippen LogP contribution in [0.5, 0.6) is 0 Å². The summed E-state index contributed by atoms with van der Waals surface area (Å²) in [5.41, 5.74) is 1.65. The Morgan fingerprint density at radius 1 is 0.893 bits per heavy atom. The lowest BCUT2D eigenvalue weighted by atomic mass is 10.1. The van der Waals surface area contributed by atoms with Gasteiger partial charge in [0.15, 0.2) is 0 Å². The van der Waals surface area contributed by atoms with E-state index in [-0.39, 0.29) is 17.7 Å². The molecule has 3 aromatic rings. The van der Waals surface area contributed by atoms with E-state index >= 15 is 0 Å². The van der Waals surface area contributed by atoms with E-state index in [1.807, 2.05) is 6.07 Å². The summed E-state index contributed by atoms with van der Waals surface area (Å²) < 4.78 is 13.7. The summed E-state index contributed by atoms with van der Waals surface area (Å²) in [5, 5.41) is 14.4. The molecule has 0 aliphatic rings. The van der Waals surface area contributed by atoms with Crippen molar-refractivity contribution in [3.05, 3.63) is 101 Å². The van der Waals surface area contributed by atoms with E-state index in [0.717, 1.165) is 0 Å². The van der Waals surface area contributed by atoms with Crippen LogP contribution >= 0.6 is 0 Å². The fourth-order valence-corrected chi connectivity index (χ4v) is 2.61. The van der Waals surface area contributed by atoms with Gasteiger partial charge in [0.25, 0.3) is 11.8 Å². The highest BCUT2D eigenvalue weighted by atomic mass is 19.1. The molecule has 0 saturated carbocycles. The van der Waals surface area contributed by atoms with Crippen molar-refractivity contribution in [1.29, 1.82) is 5.26 Å². The predicted molar refractivity (Wildman–Crippen MR) is 103 cm³/mol. The lowest BCUT2D eigenvalue weighted by Gasteiger charge is -2.09. The SMILES string of the molecule is N#Cc1ccccc1NC(=O)c1cccc(C(=O)NCc2ccccc2F)c1. The van der Waals surface area contributed by atoms with Crippen LogP contribution < -0.4 is 10.6 Å². The number of halogens is 1. The van der Waals surface area contributed by atoms with Crippen LogP contribution in [0.4, 0.5) is 10.1 Å². The van der Waals surface area contributed by atoms with E-state index in [1.165, 1.54) is 12.1 Å². The molecule has 0 unspecified atom stereocenters. The van der Waals surface area contributed by atoms with E-state index in [1.54, 1.807) is 60.7 Å². The number of anilines is 1. The Labute approximate surface area is 161 Å². The molecule has 0 fully saturated rings. The fraction of sp³-hybridized carbons (Fsp3) is 0.0455. The molecule has 2 N–H and O–H groups in total. The van der Waals surface area contributed by atoms with Crippen molar-refractivity contribution in [2.75, 3.05) is 5.32 Å². The normalized spacial score (nSPS) is 10.0. The smallest absolute Gasteiger partial charge is 0.255 e. The Morgan fingerprint density at radius 3 is 2.32 bits per heavy atom. The number of nitriles is 1. The highest BCUT2D eigenvalue weighted by Gasteiger charge is 2.12. The van der Waals surface area contributed by atoms with E-state index in [2.05, 4.69) is 10.6 Å². The van der Waals surface area contributed by atoms with Crippen LogP contribution in [0.15, 0.2) is 72.8 Å². The molecule has 2 amide bonds. The van der Waals surface area contributed by atoms with Crippen LogP contribution in [-0.2, 0) is 6.54 Å². The summed E-state index contributed by atoms with van der Waals surface area (Å²) in [4.78, 5) is 24.8. The third-order valence-corrected chi connectivity index (χ3v) is 4.08. The number of hydrogen-bond acceptors (Lipinski definition) is 3. The van der Waals surface area contributed by atoms with Crippen molar-refractivity contribution >= 4 is 17.5 Å². The van der Waals surface area contributed by atoms with Gasteiger partial charge in [-0.1, -0.05) is 36.4 Å². The summed E-state index contributed by atoms with van der Waals surface area (Å²) in [7, 11) is 0. The van der Waals surface area contributed by atoms with Crippen molar-refractivity contribution < 1.29 is 14.0 Å². The van der Waals surface area contributed by atoms with E-state index in [9.17, 15) is 14.0 Å². The maximum atomic E-state index is 13.7. The molecule has 3 aromatic carbocycles. The Morgan fingerprint density at radius 2 is 1.57 bits per heavy atom. The Kier molecular flexibility index (Phi) is 5.78. The van der Waals surface area contributed by atoms with Gasteiger partial charge in [-0.15, -0.1) is 0 Å². The predicted octanol–water partition coefficient (Wildman–Crippen LogP) is 3.88. The topological polar surface area (TPSA) is 82.0 Å². The lowest BCUT2D eigenvalue weighted by molar-refractivity contribution is 0.0950. The molecule has 5 nitrogen and oxygen atoms in total. The largest absolute Gasteiger partial charge is 0.348 e. The van der Waals surface area contributed by atoms with Crippen LogP contribution in [0.2, 0.25) is 0 Å². The minimum Gasteiger partial charge on any atom is -0.348 e. The van der Waals surface area contributed by atoms with Gasteiger partial charge in [0, 0.05) is 23.2 Å². The number of amides is 2. The van der Waals surface area contributed by atoms with Crippen molar-refractivity contribution in [3.8, 4) is 6.07 Å². The second kappa shape index (κ2) is 8.60. The highest BCUT2D eigenvalue weighted by molar-refractivity contribution is 6.06. The zero-order valence-corrected chi connectivity index (χ0v) is 14.8. The molecule has 0 bridgehead atoms. The van der Waals surface area contributed by atoms with Gasteiger partial charge in [-0.2, -0.15) is 5.26 Å². The van der Waals surface area contributed by atoms with E-state index < -0.39 is 17.6 Å². The van der Waals surface area contributed by atoms with Crippen molar-refractivity contribution in [3.63, 3.8) is 0 Å². The number of benzene rings is 3. The van der Waals surface area contributed by atoms with E-state index in [4.69, 9.17) is 5.26 Å². The molecule has 0 aliphatic carbocycles. The second-order valence-electron chi connectivity index (χ2n) is 5.97. The monoisotopic (exact) mass is 373 g/mol. The molecular weight excluding hydrogens is 357 g/mol. The first-order valence-electron chi connectivity index (χ1n) is 8.50. The molecule has 3 rings (SSSR count). The number of nitrogens with zero attached hydrogens (tertiary/aromatic N) is 1. The van der Waals surface area contributed by atoms with Gasteiger partial charge in [-0.25, -0.2) is 4.39 Å². The molecule has 0 atom stereocenters. The maximum Gasteiger partial charge on any atom is 0.255 e. The number of hydrogen-bond donors (Lipinski definition) is 2. The van der Waals surface area contributed by atoms with Crippen LogP contribution in [0.3, 0.4) is 0 Å². The quantitative estimate of drug-likeness (QED) is 0.712. The summed E-state index contributed by atoms with van der Waals surface area (Å²) in [6.07, 6.45) is 0. The highest BCUT2D eigenvalue weighted by Crippen LogP contribution is 2.16. The summed E-state index contributed by atoms with van der Waals surface area (Å²) in [6.45, 7) is 0.0392. The Hall–Kier alpha value is -3.98. The summed E-state index contributed by atoms with van der Waals surface area (Å²) in [5.74, 6) is -1.26. The maximum absolute atomic E-state index is 13.7. The van der Waals surface area contributed by atoms with Gasteiger partial charge < -0.3 is 10.6 Å². The van der Waals surface area contributed by atoms with Crippen LogP contribution in [0, 0.1) is 17.1 Å². The van der Waals surface area contributed by atoms with E-state index in [0.29, 0.717) is 16.8 Å². The molecule has 0 spiro atoms. The van der Waals surface area contributed by atoms with Crippen molar-refractivity contribution in [1.82, 2.24) is 5.32 Å². The lowest BCUT2D eigenvalue weighted by Crippen LogP contribution is -2.24. The first kappa shape index (κ1) is 18.8. The number of carbonyl (C=O) groups is 2. The summed E-state index contributed by atoms with van der Waals surface area (Å²) in [6, 6.07) is 21.0. The van der Waals surface area contributed by atoms with Gasteiger partial charge in [0.2, 0.25) is 0 Å². The van der Waals surface area contributed by atoms with Crippen molar-refractivity contribution in [2.45, 2.75) is 6.54 Å². The molecule has 6 heteroatoms. The molecule has 0 radical (unpaired) electrons. The third-order valence-electron chi connectivity index (χ3n) is 4.08. The van der Waals surface area contributed by atoms with Crippen molar-refractivity contribution in [2.24, 2.45) is 0 Å². The first-order valence-corrected chi connectivity index (χ1v) is 8.50. The minimum atomic E-state index is -0.438. The summed E-state index contributed by atoms with van der Waals surface area (Å²) >= 11 is 0. The number of carbonyl (C=O) groups excluding carboxylic acids is 2. The third kappa shape index (κ3) is 4.40.